The normalized spacial score (nSPS) is 10.9. The van der Waals surface area contributed by atoms with Crippen LogP contribution in [0.25, 0.3) is 17.1 Å². The van der Waals surface area contributed by atoms with Gasteiger partial charge in [0, 0.05) is 13.1 Å². The van der Waals surface area contributed by atoms with E-state index in [2.05, 4.69) is 16.4 Å². The van der Waals surface area contributed by atoms with Crippen LogP contribution in [0, 0.1) is 18.3 Å². The summed E-state index contributed by atoms with van der Waals surface area (Å²) in [5, 5.41) is 25.6. The molecule has 0 aliphatic heterocycles. The van der Waals surface area contributed by atoms with Crippen molar-refractivity contribution < 1.29 is 9.90 Å². The van der Waals surface area contributed by atoms with Gasteiger partial charge in [-0.05, 0) is 30.2 Å². The number of carboxylic acid groups (broad SMARTS) is 1. The number of hydrogen-bond donors (Lipinski definition) is 1. The van der Waals surface area contributed by atoms with Crippen molar-refractivity contribution in [1.29, 1.82) is 5.26 Å². The summed E-state index contributed by atoms with van der Waals surface area (Å²) in [6.07, 6.45) is 2.48. The highest BCUT2D eigenvalue weighted by molar-refractivity contribution is 5.90. The number of aliphatic carboxylic acids is 1. The van der Waals surface area contributed by atoms with E-state index >= 15 is 0 Å². The molecule has 0 saturated carbocycles. The Bertz CT molecular complexity index is 707. The summed E-state index contributed by atoms with van der Waals surface area (Å²) in [6, 6.07) is 3.71. The summed E-state index contributed by atoms with van der Waals surface area (Å²) < 4.78 is 1.53. The second kappa shape index (κ2) is 4.30. The molecule has 1 heterocycles. The molecule has 0 aliphatic carbocycles. The molecule has 2 aromatic rings. The van der Waals surface area contributed by atoms with Gasteiger partial charge >= 0.3 is 5.97 Å². The first-order chi connectivity index (χ1) is 8.54. The lowest BCUT2D eigenvalue weighted by Crippen LogP contribution is -1.94. The van der Waals surface area contributed by atoms with Crippen molar-refractivity contribution in [1.82, 2.24) is 15.0 Å². The van der Waals surface area contributed by atoms with Crippen LogP contribution in [0.5, 0.6) is 0 Å². The number of carboxylic acids is 1. The molecule has 0 fully saturated rings. The van der Waals surface area contributed by atoms with E-state index in [1.807, 2.05) is 6.92 Å². The van der Waals surface area contributed by atoms with Gasteiger partial charge in [-0.3, -0.25) is 0 Å². The third-order valence-electron chi connectivity index (χ3n) is 2.70. The number of fused-ring (bicyclic) bond motifs is 1. The highest BCUT2D eigenvalue weighted by Gasteiger charge is 2.13. The third-order valence-corrected chi connectivity index (χ3v) is 2.70. The summed E-state index contributed by atoms with van der Waals surface area (Å²) >= 11 is 0. The van der Waals surface area contributed by atoms with Gasteiger partial charge in [0.1, 0.15) is 17.1 Å². The summed E-state index contributed by atoms with van der Waals surface area (Å²) in [5.74, 6) is -1.04. The van der Waals surface area contributed by atoms with Crippen LogP contribution < -0.4 is 0 Å². The maximum Gasteiger partial charge on any atom is 0.328 e. The second-order valence-corrected chi connectivity index (χ2v) is 3.83. The topological polar surface area (TPSA) is 91.8 Å². The molecule has 0 aliphatic rings. The zero-order valence-corrected chi connectivity index (χ0v) is 9.88. The highest BCUT2D eigenvalue weighted by atomic mass is 16.4. The van der Waals surface area contributed by atoms with Crippen LogP contribution in [0.2, 0.25) is 0 Å². The lowest BCUT2D eigenvalue weighted by molar-refractivity contribution is -0.131. The van der Waals surface area contributed by atoms with Gasteiger partial charge in [0.05, 0.1) is 5.56 Å². The Labute approximate surface area is 103 Å². The Kier molecular flexibility index (Phi) is 2.81. The molecular weight excluding hydrogens is 232 g/mol. The summed E-state index contributed by atoms with van der Waals surface area (Å²) in [7, 11) is 1.71. The third kappa shape index (κ3) is 1.82. The number of nitrogens with zero attached hydrogens (tertiary/aromatic N) is 4. The predicted molar refractivity (Wildman–Crippen MR) is 64.6 cm³/mol. The van der Waals surface area contributed by atoms with Crippen LogP contribution in [0.3, 0.4) is 0 Å². The van der Waals surface area contributed by atoms with Crippen molar-refractivity contribution >= 4 is 23.1 Å². The molecule has 0 bridgehead atoms. The number of benzene rings is 1. The van der Waals surface area contributed by atoms with Gasteiger partial charge in [-0.15, -0.1) is 5.10 Å². The van der Waals surface area contributed by atoms with Crippen LogP contribution in [0.15, 0.2) is 12.1 Å². The second-order valence-electron chi connectivity index (χ2n) is 3.83. The predicted octanol–water partition coefficient (Wildman–Crippen LogP) is 1.25. The van der Waals surface area contributed by atoms with Crippen molar-refractivity contribution in [2.75, 3.05) is 0 Å². The van der Waals surface area contributed by atoms with Crippen LogP contribution in [0.4, 0.5) is 0 Å². The van der Waals surface area contributed by atoms with Crippen molar-refractivity contribution in [3.8, 4) is 6.07 Å². The van der Waals surface area contributed by atoms with Gasteiger partial charge < -0.3 is 5.11 Å². The number of aromatic nitrogens is 3. The zero-order valence-electron chi connectivity index (χ0n) is 9.88. The quantitative estimate of drug-likeness (QED) is 0.800. The lowest BCUT2D eigenvalue weighted by atomic mass is 10.0. The minimum Gasteiger partial charge on any atom is -0.478 e. The molecule has 1 aromatic heterocycles. The summed E-state index contributed by atoms with van der Waals surface area (Å²) in [6.45, 7) is 1.82. The monoisotopic (exact) mass is 242 g/mol. The van der Waals surface area contributed by atoms with Gasteiger partial charge in [0.2, 0.25) is 0 Å². The average molecular weight is 242 g/mol. The minimum absolute atomic E-state index is 0.424. The molecule has 6 heteroatoms. The van der Waals surface area contributed by atoms with Gasteiger partial charge in [0.15, 0.2) is 0 Å². The molecule has 90 valence electrons. The Balaban J connectivity index is 2.75. The highest BCUT2D eigenvalue weighted by Crippen LogP contribution is 2.24. The van der Waals surface area contributed by atoms with Crippen molar-refractivity contribution in [3.63, 3.8) is 0 Å². The molecule has 2 rings (SSSR count). The molecule has 1 N–H and O–H groups in total. The van der Waals surface area contributed by atoms with E-state index in [1.165, 1.54) is 10.8 Å². The molecule has 1 aromatic carbocycles. The SMILES string of the molecule is Cc1c(/C=C/C(=O)O)cc(C#N)c2c1nnn2C. The van der Waals surface area contributed by atoms with E-state index < -0.39 is 5.97 Å². The van der Waals surface area contributed by atoms with Gasteiger partial charge in [0.25, 0.3) is 0 Å². The number of nitriles is 1. The number of hydrogen-bond acceptors (Lipinski definition) is 4. The van der Waals surface area contributed by atoms with E-state index in [4.69, 9.17) is 10.4 Å². The van der Waals surface area contributed by atoms with Gasteiger partial charge in [-0.1, -0.05) is 5.21 Å². The smallest absolute Gasteiger partial charge is 0.328 e. The number of carbonyl (C=O) groups is 1. The number of rotatable bonds is 2. The Morgan fingerprint density at radius 2 is 2.33 bits per heavy atom. The first kappa shape index (κ1) is 11.8. The first-order valence-electron chi connectivity index (χ1n) is 5.18. The average Bonchev–Trinajstić information content (AvgIpc) is 2.71. The summed E-state index contributed by atoms with van der Waals surface area (Å²) in [4.78, 5) is 10.5. The van der Waals surface area contributed by atoms with Crippen LogP contribution in [0.1, 0.15) is 16.7 Å². The van der Waals surface area contributed by atoms with E-state index in [0.717, 1.165) is 11.6 Å². The minimum atomic E-state index is -1.04. The molecule has 0 radical (unpaired) electrons. The van der Waals surface area contributed by atoms with Crippen molar-refractivity contribution in [2.45, 2.75) is 6.92 Å². The van der Waals surface area contributed by atoms with E-state index in [-0.39, 0.29) is 0 Å². The molecule has 0 saturated heterocycles. The standard InChI is InChI=1S/C12H10N4O2/c1-7-8(3-4-10(17)18)5-9(6-13)12-11(7)14-15-16(12)2/h3-5H,1-2H3,(H,17,18)/b4-3+. The fourth-order valence-corrected chi connectivity index (χ4v) is 1.80. The van der Waals surface area contributed by atoms with Crippen LogP contribution in [-0.2, 0) is 11.8 Å². The zero-order chi connectivity index (χ0) is 13.3. The maximum atomic E-state index is 10.5. The fraction of sp³-hybridized carbons (Fsp3) is 0.167. The van der Waals surface area contributed by atoms with Crippen molar-refractivity contribution in [3.05, 3.63) is 28.8 Å². The van der Waals surface area contributed by atoms with E-state index in [9.17, 15) is 4.79 Å². The number of aryl methyl sites for hydroxylation is 2. The molecule has 6 nitrogen and oxygen atoms in total. The van der Waals surface area contributed by atoms with E-state index in [0.29, 0.717) is 22.2 Å². The molecule has 0 spiro atoms. The molecule has 0 atom stereocenters. The van der Waals surface area contributed by atoms with Crippen LogP contribution in [-0.4, -0.2) is 26.1 Å². The van der Waals surface area contributed by atoms with E-state index in [1.54, 1.807) is 13.1 Å². The Morgan fingerprint density at radius 3 is 2.94 bits per heavy atom. The lowest BCUT2D eigenvalue weighted by Gasteiger charge is -2.03. The first-order valence-corrected chi connectivity index (χ1v) is 5.18. The largest absolute Gasteiger partial charge is 0.478 e. The Hall–Kier alpha value is -2.68. The van der Waals surface area contributed by atoms with Gasteiger partial charge in [-0.25, -0.2) is 9.48 Å². The maximum absolute atomic E-state index is 10.5. The van der Waals surface area contributed by atoms with Crippen LogP contribution >= 0.6 is 0 Å². The van der Waals surface area contributed by atoms with Crippen molar-refractivity contribution in [2.24, 2.45) is 7.05 Å². The summed E-state index contributed by atoms with van der Waals surface area (Å²) in [5.41, 5.74) is 3.15. The molecule has 0 amide bonds. The molecule has 18 heavy (non-hydrogen) atoms. The van der Waals surface area contributed by atoms with Gasteiger partial charge in [-0.2, -0.15) is 5.26 Å². The molecule has 0 unspecified atom stereocenters. The fourth-order valence-electron chi connectivity index (χ4n) is 1.80. The molecular formula is C12H10N4O2. The Morgan fingerprint density at radius 1 is 1.61 bits per heavy atom.